The number of ether oxygens (including phenoxy) is 2. The number of hydrogen-bond donors (Lipinski definition) is 2. The molecule has 4 atom stereocenters. The first kappa shape index (κ1) is 46.4. The molecular formula is C40H78O6S. The van der Waals surface area contributed by atoms with Gasteiger partial charge in [-0.05, 0) is 89.3 Å². The molecule has 0 radical (unpaired) electrons. The molecule has 0 aliphatic heterocycles. The standard InChI is InChI=1S/C17H32O2.C17H34O.C6H12O3S/c1-16(2,3)13-10-12(8-7-9-18)11-14(15(13)19)17(4,5)6;1-8-9-12-10-13(16(2,3)4)15(18)14(11-12)17(5,6)7;1-8-2-4-10-5-3-9-6-7/h9,12-15,19H,7-8,10-11H2,1-6H3;12-15,18H,8-11H2,1-7H3;6H,2-5H2,1H3. The second-order valence-corrected chi connectivity index (χ2v) is 19.9. The number of aldehydes is 1. The Labute approximate surface area is 295 Å². The molecule has 0 aromatic heterocycles. The van der Waals surface area contributed by atoms with E-state index in [-0.39, 0.29) is 33.9 Å². The molecule has 47 heavy (non-hydrogen) atoms. The van der Waals surface area contributed by atoms with Gasteiger partial charge < -0.3 is 24.5 Å². The number of methoxy groups -OCH3 is 1. The lowest BCUT2D eigenvalue weighted by atomic mass is 9.58. The Morgan fingerprint density at radius 2 is 1.00 bits per heavy atom. The molecule has 2 rings (SSSR count). The number of hydrogen-bond acceptors (Lipinski definition) is 7. The molecule has 2 saturated carbocycles. The van der Waals surface area contributed by atoms with Gasteiger partial charge in [0.05, 0.1) is 18.8 Å². The first-order chi connectivity index (χ1) is 21.6. The molecule has 7 heteroatoms. The zero-order valence-corrected chi connectivity index (χ0v) is 34.0. The summed E-state index contributed by atoms with van der Waals surface area (Å²) in [6.45, 7) is 31.1. The van der Waals surface area contributed by atoms with Gasteiger partial charge in [-0.3, -0.25) is 4.79 Å². The zero-order valence-electron chi connectivity index (χ0n) is 33.2. The van der Waals surface area contributed by atoms with Crippen molar-refractivity contribution in [3.8, 4) is 0 Å². The minimum Gasteiger partial charge on any atom is -0.467 e. The van der Waals surface area contributed by atoms with Crippen LogP contribution >= 0.6 is 11.8 Å². The van der Waals surface area contributed by atoms with Crippen LogP contribution in [0.15, 0.2) is 0 Å². The molecule has 280 valence electrons. The van der Waals surface area contributed by atoms with Gasteiger partial charge in [-0.1, -0.05) is 103 Å². The van der Waals surface area contributed by atoms with Crippen LogP contribution in [-0.4, -0.2) is 67.0 Å². The van der Waals surface area contributed by atoms with Gasteiger partial charge in [0.15, 0.2) is 0 Å². The van der Waals surface area contributed by atoms with E-state index < -0.39 is 0 Å². The molecule has 6 nitrogen and oxygen atoms in total. The molecule has 0 spiro atoms. The summed E-state index contributed by atoms with van der Waals surface area (Å²) in [5, 5.41) is 21.6. The fourth-order valence-electron chi connectivity index (χ4n) is 7.79. The third-order valence-electron chi connectivity index (χ3n) is 10.7. The van der Waals surface area contributed by atoms with Crippen molar-refractivity contribution in [1.82, 2.24) is 0 Å². The molecule has 2 N–H and O–H groups in total. The van der Waals surface area contributed by atoms with Crippen LogP contribution in [0.1, 0.15) is 141 Å². The fraction of sp³-hybridized carbons (Fsp3) is 0.950. The molecule has 4 unspecified atom stereocenters. The van der Waals surface area contributed by atoms with Gasteiger partial charge in [0.1, 0.15) is 12.9 Å². The summed E-state index contributed by atoms with van der Waals surface area (Å²) in [4.78, 5) is 20.3. The van der Waals surface area contributed by atoms with Gasteiger partial charge in [0.25, 0.3) is 6.47 Å². The second kappa shape index (κ2) is 21.6. The largest absolute Gasteiger partial charge is 0.467 e. The molecule has 0 aromatic carbocycles. The molecule has 0 saturated heterocycles. The third kappa shape index (κ3) is 17.7. The quantitative estimate of drug-likeness (QED) is 0.156. The van der Waals surface area contributed by atoms with Crippen molar-refractivity contribution in [2.45, 2.75) is 154 Å². The summed E-state index contributed by atoms with van der Waals surface area (Å²) in [5.41, 5.74) is 0.691. The molecule has 2 fully saturated rings. The topological polar surface area (TPSA) is 93.1 Å². The number of carbonyl (C=O) groups excluding carboxylic acids is 2. The molecule has 0 heterocycles. The number of thioether (sulfide) groups is 1. The van der Waals surface area contributed by atoms with Gasteiger partial charge in [0.2, 0.25) is 0 Å². The number of aliphatic hydroxyl groups excluding tert-OH is 2. The summed E-state index contributed by atoms with van der Waals surface area (Å²) in [6, 6.07) is 0. The Balaban J connectivity index is 0.000000710. The Bertz CT molecular complexity index is 786. The van der Waals surface area contributed by atoms with Gasteiger partial charge in [-0.2, -0.15) is 11.8 Å². The van der Waals surface area contributed by atoms with E-state index in [0.717, 1.165) is 49.6 Å². The second-order valence-electron chi connectivity index (χ2n) is 18.7. The average Bonchev–Trinajstić information content (AvgIpc) is 2.93. The van der Waals surface area contributed by atoms with Crippen molar-refractivity contribution >= 4 is 24.5 Å². The van der Waals surface area contributed by atoms with Crippen molar-refractivity contribution < 1.29 is 29.3 Å². The summed E-state index contributed by atoms with van der Waals surface area (Å²) in [6.07, 6.45) is 9.48. The molecule has 0 amide bonds. The first-order valence-electron chi connectivity index (χ1n) is 18.5. The number of carbonyl (C=O) groups is 2. The van der Waals surface area contributed by atoms with Crippen molar-refractivity contribution in [3.63, 3.8) is 0 Å². The van der Waals surface area contributed by atoms with Crippen LogP contribution in [0.4, 0.5) is 0 Å². The number of aliphatic hydroxyl groups is 2. The number of rotatable bonds is 12. The lowest BCUT2D eigenvalue weighted by molar-refractivity contribution is -0.128. The van der Waals surface area contributed by atoms with Crippen LogP contribution < -0.4 is 0 Å². The van der Waals surface area contributed by atoms with Crippen LogP contribution in [0.2, 0.25) is 0 Å². The minimum absolute atomic E-state index is 0.127. The van der Waals surface area contributed by atoms with Crippen molar-refractivity contribution in [1.29, 1.82) is 0 Å². The van der Waals surface area contributed by atoms with E-state index in [1.807, 2.05) is 0 Å². The highest BCUT2D eigenvalue weighted by Crippen LogP contribution is 2.50. The monoisotopic (exact) mass is 687 g/mol. The first-order valence-corrected chi connectivity index (χ1v) is 19.6. The van der Waals surface area contributed by atoms with Crippen molar-refractivity contribution in [2.24, 2.45) is 57.2 Å². The summed E-state index contributed by atoms with van der Waals surface area (Å²) in [5.74, 6) is 4.78. The van der Waals surface area contributed by atoms with Gasteiger partial charge in [-0.25, -0.2) is 0 Å². The molecule has 2 aliphatic rings. The average molecular weight is 687 g/mol. The molecule has 0 aromatic rings. The predicted octanol–water partition coefficient (Wildman–Crippen LogP) is 9.48. The summed E-state index contributed by atoms with van der Waals surface area (Å²) >= 11 is 1.71. The minimum atomic E-state index is -0.215. The van der Waals surface area contributed by atoms with E-state index in [1.54, 1.807) is 18.9 Å². The summed E-state index contributed by atoms with van der Waals surface area (Å²) < 4.78 is 9.29. The van der Waals surface area contributed by atoms with Gasteiger partial charge in [0, 0.05) is 25.0 Å². The molecule has 0 bridgehead atoms. The Morgan fingerprint density at radius 1 is 0.638 bits per heavy atom. The van der Waals surface area contributed by atoms with Crippen molar-refractivity contribution in [2.75, 3.05) is 31.8 Å². The lowest BCUT2D eigenvalue weighted by Crippen LogP contribution is -2.47. The van der Waals surface area contributed by atoms with Crippen LogP contribution in [0.3, 0.4) is 0 Å². The lowest BCUT2D eigenvalue weighted by Gasteiger charge is -2.49. The van der Waals surface area contributed by atoms with Gasteiger partial charge in [-0.15, -0.1) is 0 Å². The van der Waals surface area contributed by atoms with E-state index in [1.165, 1.54) is 25.7 Å². The normalized spacial score (nSPS) is 28.7. The zero-order chi connectivity index (χ0) is 36.6. The summed E-state index contributed by atoms with van der Waals surface area (Å²) in [7, 11) is 1.67. The van der Waals surface area contributed by atoms with E-state index >= 15 is 0 Å². The van der Waals surface area contributed by atoms with Crippen LogP contribution in [0, 0.1) is 57.2 Å². The maximum atomic E-state index is 10.8. The van der Waals surface area contributed by atoms with Crippen LogP contribution in [-0.2, 0) is 19.1 Å². The molecular weight excluding hydrogens is 609 g/mol. The fourth-order valence-corrected chi connectivity index (χ4v) is 8.50. The van der Waals surface area contributed by atoms with Crippen LogP contribution in [0.25, 0.3) is 0 Å². The SMILES string of the molecule is CC(C)(C)C1CC(CCC=O)CC(C(C)(C)C)C1O.CCCC1CC(C(C)(C)C)C(O)C(C(C)(C)C)C1.COCCSCCOC=O. The van der Waals surface area contributed by atoms with E-state index in [9.17, 15) is 19.8 Å². The third-order valence-corrected chi connectivity index (χ3v) is 11.6. The highest BCUT2D eigenvalue weighted by Gasteiger charge is 2.47. The Kier molecular flexibility index (Phi) is 21.3. The molecule has 2 aliphatic carbocycles. The van der Waals surface area contributed by atoms with E-state index in [4.69, 9.17) is 4.74 Å². The van der Waals surface area contributed by atoms with Crippen LogP contribution in [0.5, 0.6) is 0 Å². The highest BCUT2D eigenvalue weighted by atomic mass is 32.2. The van der Waals surface area contributed by atoms with Gasteiger partial charge >= 0.3 is 0 Å². The smallest absolute Gasteiger partial charge is 0.293 e. The predicted molar refractivity (Wildman–Crippen MR) is 201 cm³/mol. The maximum Gasteiger partial charge on any atom is 0.293 e. The van der Waals surface area contributed by atoms with E-state index in [2.05, 4.69) is 94.7 Å². The highest BCUT2D eigenvalue weighted by molar-refractivity contribution is 7.99. The Hall–Kier alpha value is -0.630. The maximum absolute atomic E-state index is 10.8. The van der Waals surface area contributed by atoms with Crippen molar-refractivity contribution in [3.05, 3.63) is 0 Å². The Morgan fingerprint density at radius 3 is 1.30 bits per heavy atom. The van der Waals surface area contributed by atoms with E-state index in [0.29, 0.717) is 49.1 Å².